The van der Waals surface area contributed by atoms with Gasteiger partial charge in [-0.15, -0.1) is 0 Å². The lowest BCUT2D eigenvalue weighted by Gasteiger charge is -2.21. The Kier molecular flexibility index (Phi) is 5.12. The molecular weight excluding hydrogens is 434 g/mol. The maximum absolute atomic E-state index is 11.9. The Hall–Kier alpha value is -2.74. The lowest BCUT2D eigenvalue weighted by atomic mass is 9.95. The first-order chi connectivity index (χ1) is 13.9. The normalized spacial score (nSPS) is 12.8. The van der Waals surface area contributed by atoms with Crippen LogP contribution in [0.25, 0.3) is 21.9 Å². The zero-order chi connectivity index (χ0) is 20.7. The third-order valence-corrected chi connectivity index (χ3v) is 5.50. The predicted molar refractivity (Wildman–Crippen MR) is 115 cm³/mol. The summed E-state index contributed by atoms with van der Waals surface area (Å²) in [5.41, 5.74) is 4.08. The number of aryl methyl sites for hydroxylation is 1. The van der Waals surface area contributed by atoms with Crippen molar-refractivity contribution >= 4 is 43.8 Å². The fraction of sp³-hybridized carbons (Fsp3) is 0.333. The molecule has 0 aliphatic rings. The lowest BCUT2D eigenvalue weighted by molar-refractivity contribution is 0.0600. The topological polar surface area (TPSA) is 85.7 Å². The van der Waals surface area contributed by atoms with Gasteiger partial charge in [-0.2, -0.15) is 10.2 Å². The maximum atomic E-state index is 11.9. The fourth-order valence-electron chi connectivity index (χ4n) is 3.73. The molecule has 3 heterocycles. The van der Waals surface area contributed by atoms with Gasteiger partial charge in [0.2, 0.25) is 0 Å². The van der Waals surface area contributed by atoms with Crippen LogP contribution in [0.4, 0.5) is 0 Å². The third kappa shape index (κ3) is 3.53. The molecule has 1 N–H and O–H groups in total. The molecule has 150 valence electrons. The minimum atomic E-state index is -0.406. The number of fused-ring (bicyclic) bond motifs is 2. The standard InChI is InChI=1S/C21H22BrN5O2/c1-11(2)5-18(17-8-15(22)6-13-10-24-25-19(13)17)27-20-16(12(3)26-27)7-14(9-23-20)21(28)29-4/h6-11,18H,5H2,1-4H3,(H,24,25). The van der Waals surface area contributed by atoms with Crippen LogP contribution in [0.15, 0.2) is 35.1 Å². The van der Waals surface area contributed by atoms with Crippen molar-refractivity contribution in [2.75, 3.05) is 7.11 Å². The number of esters is 1. The number of aromatic amines is 1. The first-order valence-corrected chi connectivity index (χ1v) is 10.2. The van der Waals surface area contributed by atoms with E-state index in [0.717, 1.165) is 44.1 Å². The number of hydrogen-bond acceptors (Lipinski definition) is 5. The number of rotatable bonds is 5. The first-order valence-electron chi connectivity index (χ1n) is 9.44. The van der Waals surface area contributed by atoms with Crippen LogP contribution in [0.1, 0.15) is 47.9 Å². The first kappa shape index (κ1) is 19.6. The Morgan fingerprint density at radius 2 is 2.07 bits per heavy atom. The summed E-state index contributed by atoms with van der Waals surface area (Å²) >= 11 is 3.63. The van der Waals surface area contributed by atoms with E-state index in [1.54, 1.807) is 12.3 Å². The second kappa shape index (κ2) is 7.59. The monoisotopic (exact) mass is 455 g/mol. The summed E-state index contributed by atoms with van der Waals surface area (Å²) in [5.74, 6) is 0.0299. The molecule has 4 aromatic rings. The highest BCUT2D eigenvalue weighted by molar-refractivity contribution is 9.10. The Bertz CT molecular complexity index is 1210. The number of halogens is 1. The molecule has 4 rings (SSSR count). The van der Waals surface area contributed by atoms with Gasteiger partial charge in [0, 0.05) is 27.0 Å². The molecule has 1 aromatic carbocycles. The third-order valence-electron chi connectivity index (χ3n) is 5.05. The second-order valence-electron chi connectivity index (χ2n) is 7.59. The van der Waals surface area contributed by atoms with E-state index < -0.39 is 5.97 Å². The van der Waals surface area contributed by atoms with Gasteiger partial charge in [-0.05, 0) is 37.5 Å². The van der Waals surface area contributed by atoms with Crippen molar-refractivity contribution < 1.29 is 9.53 Å². The molecular formula is C21H22BrN5O2. The van der Waals surface area contributed by atoms with Crippen molar-refractivity contribution in [2.24, 2.45) is 5.92 Å². The second-order valence-corrected chi connectivity index (χ2v) is 8.51. The smallest absolute Gasteiger partial charge is 0.339 e. The van der Waals surface area contributed by atoms with Crippen LogP contribution in [0.5, 0.6) is 0 Å². The van der Waals surface area contributed by atoms with Gasteiger partial charge in [0.25, 0.3) is 0 Å². The van der Waals surface area contributed by atoms with E-state index in [9.17, 15) is 4.79 Å². The molecule has 0 spiro atoms. The Morgan fingerprint density at radius 1 is 1.28 bits per heavy atom. The number of methoxy groups -OCH3 is 1. The highest BCUT2D eigenvalue weighted by atomic mass is 79.9. The zero-order valence-electron chi connectivity index (χ0n) is 16.7. The molecule has 0 saturated carbocycles. The number of ether oxygens (including phenoxy) is 1. The Balaban J connectivity index is 1.93. The van der Waals surface area contributed by atoms with Gasteiger partial charge in [0.05, 0.1) is 36.1 Å². The number of nitrogens with zero attached hydrogens (tertiary/aromatic N) is 4. The summed E-state index contributed by atoms with van der Waals surface area (Å²) < 4.78 is 7.79. The molecule has 1 atom stereocenters. The fourth-order valence-corrected chi connectivity index (χ4v) is 4.22. The van der Waals surface area contributed by atoms with Crippen molar-refractivity contribution in [1.82, 2.24) is 25.0 Å². The number of pyridine rings is 1. The van der Waals surface area contributed by atoms with Crippen LogP contribution in [-0.2, 0) is 4.74 Å². The number of benzene rings is 1. The quantitative estimate of drug-likeness (QED) is 0.436. The average Bonchev–Trinajstić information content (AvgIpc) is 3.29. The summed E-state index contributed by atoms with van der Waals surface area (Å²) in [6.07, 6.45) is 4.25. The van der Waals surface area contributed by atoms with Crippen LogP contribution in [0.2, 0.25) is 0 Å². The summed E-state index contributed by atoms with van der Waals surface area (Å²) in [7, 11) is 1.37. The van der Waals surface area contributed by atoms with Gasteiger partial charge >= 0.3 is 5.97 Å². The SMILES string of the molecule is COC(=O)c1cnc2c(c1)c(C)nn2C(CC(C)C)c1cc(Br)cc2cn[nH]c12. The van der Waals surface area contributed by atoms with E-state index in [0.29, 0.717) is 11.5 Å². The Labute approximate surface area is 176 Å². The van der Waals surface area contributed by atoms with Crippen LogP contribution >= 0.6 is 15.9 Å². The predicted octanol–water partition coefficient (Wildman–Crippen LogP) is 4.80. The molecule has 3 aromatic heterocycles. The molecule has 7 nitrogen and oxygen atoms in total. The lowest BCUT2D eigenvalue weighted by Crippen LogP contribution is -2.16. The van der Waals surface area contributed by atoms with Gasteiger partial charge in [-0.3, -0.25) is 5.10 Å². The molecule has 0 fully saturated rings. The van der Waals surface area contributed by atoms with Gasteiger partial charge in [-0.1, -0.05) is 29.8 Å². The number of H-pyrrole nitrogens is 1. The van der Waals surface area contributed by atoms with Gasteiger partial charge < -0.3 is 4.74 Å². The summed E-state index contributed by atoms with van der Waals surface area (Å²) in [4.78, 5) is 16.5. The molecule has 0 saturated heterocycles. The van der Waals surface area contributed by atoms with Gasteiger partial charge in [-0.25, -0.2) is 14.5 Å². The van der Waals surface area contributed by atoms with Crippen molar-refractivity contribution in [2.45, 2.75) is 33.2 Å². The molecule has 29 heavy (non-hydrogen) atoms. The van der Waals surface area contributed by atoms with Crippen molar-refractivity contribution in [1.29, 1.82) is 0 Å². The van der Waals surface area contributed by atoms with E-state index in [2.05, 4.69) is 51.0 Å². The molecule has 0 aliphatic heterocycles. The minimum absolute atomic E-state index is 0.0388. The number of nitrogens with one attached hydrogen (secondary N) is 1. The van der Waals surface area contributed by atoms with Crippen LogP contribution < -0.4 is 0 Å². The largest absolute Gasteiger partial charge is 0.465 e. The minimum Gasteiger partial charge on any atom is -0.465 e. The van der Waals surface area contributed by atoms with Crippen molar-refractivity contribution in [3.8, 4) is 0 Å². The zero-order valence-corrected chi connectivity index (χ0v) is 18.3. The highest BCUT2D eigenvalue weighted by Crippen LogP contribution is 2.35. The Morgan fingerprint density at radius 3 is 2.79 bits per heavy atom. The van der Waals surface area contributed by atoms with E-state index in [4.69, 9.17) is 9.84 Å². The van der Waals surface area contributed by atoms with E-state index in [1.165, 1.54) is 7.11 Å². The molecule has 0 aliphatic carbocycles. The van der Waals surface area contributed by atoms with Crippen molar-refractivity contribution in [3.63, 3.8) is 0 Å². The molecule has 1 unspecified atom stereocenters. The maximum Gasteiger partial charge on any atom is 0.339 e. The summed E-state index contributed by atoms with van der Waals surface area (Å²) in [5, 5.41) is 14.1. The average molecular weight is 456 g/mol. The van der Waals surface area contributed by atoms with Crippen LogP contribution in [0, 0.1) is 12.8 Å². The van der Waals surface area contributed by atoms with E-state index in [-0.39, 0.29) is 6.04 Å². The van der Waals surface area contributed by atoms with E-state index >= 15 is 0 Å². The number of aromatic nitrogens is 5. The van der Waals surface area contributed by atoms with Crippen LogP contribution in [0.3, 0.4) is 0 Å². The highest BCUT2D eigenvalue weighted by Gasteiger charge is 2.24. The molecule has 0 amide bonds. The van der Waals surface area contributed by atoms with Gasteiger partial charge in [0.1, 0.15) is 0 Å². The number of hydrogen-bond donors (Lipinski definition) is 1. The molecule has 0 bridgehead atoms. The molecule has 8 heteroatoms. The van der Waals surface area contributed by atoms with Crippen LogP contribution in [-0.4, -0.2) is 38.0 Å². The number of carbonyl (C=O) groups excluding carboxylic acids is 1. The summed E-state index contributed by atoms with van der Waals surface area (Å²) in [6, 6.07) is 5.91. The molecule has 0 radical (unpaired) electrons. The number of carbonyl (C=O) groups is 1. The van der Waals surface area contributed by atoms with Crippen molar-refractivity contribution in [3.05, 3.63) is 51.9 Å². The summed E-state index contributed by atoms with van der Waals surface area (Å²) in [6.45, 7) is 6.31. The van der Waals surface area contributed by atoms with E-state index in [1.807, 2.05) is 23.9 Å². The van der Waals surface area contributed by atoms with Gasteiger partial charge in [0.15, 0.2) is 5.65 Å².